The van der Waals surface area contributed by atoms with Gasteiger partial charge in [0.2, 0.25) is 0 Å². The molecule has 1 aromatic carbocycles. The first kappa shape index (κ1) is 14.4. The van der Waals surface area contributed by atoms with Crippen LogP contribution < -0.4 is 9.80 Å². The van der Waals surface area contributed by atoms with Crippen molar-refractivity contribution in [2.45, 2.75) is 27.7 Å². The van der Waals surface area contributed by atoms with Crippen LogP contribution in [0.2, 0.25) is 0 Å². The average molecular weight is 244 g/mol. The van der Waals surface area contributed by atoms with Gasteiger partial charge in [0.05, 0.1) is 0 Å². The summed E-state index contributed by atoms with van der Waals surface area (Å²) in [5.74, 6) is 2.76. The zero-order valence-electron chi connectivity index (χ0n) is 12.0. The second kappa shape index (κ2) is 6.96. The van der Waals surface area contributed by atoms with Crippen LogP contribution in [0.3, 0.4) is 0 Å². The van der Waals surface area contributed by atoms with E-state index in [2.05, 4.69) is 61.6 Å². The van der Waals surface area contributed by atoms with Gasteiger partial charge in [-0.25, -0.2) is 0 Å². The van der Waals surface area contributed by atoms with E-state index in [0.717, 1.165) is 31.7 Å². The highest BCUT2D eigenvalue weighted by atomic mass is 15.1. The van der Waals surface area contributed by atoms with Crippen LogP contribution >= 0.6 is 0 Å². The zero-order chi connectivity index (χ0) is 13.5. The Balaban J connectivity index is 3.21. The van der Waals surface area contributed by atoms with Gasteiger partial charge in [-0.2, -0.15) is 0 Å². The molecule has 0 radical (unpaired) electrons. The molecule has 18 heavy (non-hydrogen) atoms. The summed E-state index contributed by atoms with van der Waals surface area (Å²) in [6, 6.07) is 6.43. The summed E-state index contributed by atoms with van der Waals surface area (Å²) >= 11 is 0. The molecule has 0 aliphatic rings. The molecule has 0 amide bonds. The summed E-state index contributed by atoms with van der Waals surface area (Å²) < 4.78 is 0. The number of anilines is 2. The van der Waals surface area contributed by atoms with E-state index in [4.69, 9.17) is 6.42 Å². The van der Waals surface area contributed by atoms with E-state index in [0.29, 0.717) is 0 Å². The molecule has 2 heteroatoms. The Hall–Kier alpha value is -1.62. The number of hydrogen-bond acceptors (Lipinski definition) is 2. The lowest BCUT2D eigenvalue weighted by atomic mass is 10.1. The fraction of sp³-hybridized carbons (Fsp3) is 0.500. The lowest BCUT2D eigenvalue weighted by molar-refractivity contribution is 0.851. The smallest absolute Gasteiger partial charge is 0.0399 e. The van der Waals surface area contributed by atoms with Crippen LogP contribution in [-0.4, -0.2) is 26.2 Å². The van der Waals surface area contributed by atoms with Crippen molar-refractivity contribution >= 4 is 11.4 Å². The summed E-state index contributed by atoms with van der Waals surface area (Å²) in [6.45, 7) is 12.7. The largest absolute Gasteiger partial charge is 0.372 e. The van der Waals surface area contributed by atoms with Crippen LogP contribution in [0.1, 0.15) is 33.3 Å². The van der Waals surface area contributed by atoms with E-state index < -0.39 is 0 Å². The average Bonchev–Trinajstić information content (AvgIpc) is 2.41. The third kappa shape index (κ3) is 3.20. The van der Waals surface area contributed by atoms with E-state index in [-0.39, 0.29) is 0 Å². The predicted octanol–water partition coefficient (Wildman–Crippen LogP) is 3.36. The highest BCUT2D eigenvalue weighted by Gasteiger charge is 2.08. The van der Waals surface area contributed by atoms with Crippen LogP contribution in [0.4, 0.5) is 11.4 Å². The fourth-order valence-electron chi connectivity index (χ4n) is 2.22. The first-order chi connectivity index (χ1) is 8.69. The molecule has 0 unspecified atom stereocenters. The Morgan fingerprint density at radius 1 is 0.833 bits per heavy atom. The van der Waals surface area contributed by atoms with Gasteiger partial charge in [-0.1, -0.05) is 5.92 Å². The fourth-order valence-corrected chi connectivity index (χ4v) is 2.22. The van der Waals surface area contributed by atoms with Gasteiger partial charge in [-0.15, -0.1) is 6.42 Å². The van der Waals surface area contributed by atoms with Gasteiger partial charge in [-0.05, 0) is 45.9 Å². The van der Waals surface area contributed by atoms with E-state index in [9.17, 15) is 0 Å². The first-order valence-electron chi connectivity index (χ1n) is 6.81. The lowest BCUT2D eigenvalue weighted by Crippen LogP contribution is -2.24. The molecule has 0 bridgehead atoms. The maximum atomic E-state index is 5.57. The number of nitrogens with zero attached hydrogens (tertiary/aromatic N) is 2. The molecule has 0 aliphatic carbocycles. The highest BCUT2D eigenvalue weighted by Crippen LogP contribution is 2.25. The van der Waals surface area contributed by atoms with Gasteiger partial charge >= 0.3 is 0 Å². The Kier molecular flexibility index (Phi) is 5.58. The minimum atomic E-state index is 0.960. The molecule has 0 heterocycles. The van der Waals surface area contributed by atoms with Crippen LogP contribution in [0, 0.1) is 12.3 Å². The zero-order valence-corrected chi connectivity index (χ0v) is 12.0. The lowest BCUT2D eigenvalue weighted by Gasteiger charge is -2.26. The SMILES string of the molecule is C#Cc1cc(N(CC)CC)cc(N(CC)CC)c1. The molecule has 0 saturated carbocycles. The van der Waals surface area contributed by atoms with Crippen molar-refractivity contribution in [3.8, 4) is 12.3 Å². The van der Waals surface area contributed by atoms with Crippen molar-refractivity contribution in [2.24, 2.45) is 0 Å². The van der Waals surface area contributed by atoms with Gasteiger partial charge in [0.1, 0.15) is 0 Å². The van der Waals surface area contributed by atoms with Crippen molar-refractivity contribution in [3.63, 3.8) is 0 Å². The maximum absolute atomic E-state index is 5.57. The van der Waals surface area contributed by atoms with Gasteiger partial charge in [0.25, 0.3) is 0 Å². The van der Waals surface area contributed by atoms with E-state index in [1.807, 2.05) is 0 Å². The highest BCUT2D eigenvalue weighted by molar-refractivity contribution is 5.64. The Morgan fingerprint density at radius 2 is 1.22 bits per heavy atom. The topological polar surface area (TPSA) is 6.48 Å². The van der Waals surface area contributed by atoms with E-state index in [1.54, 1.807) is 0 Å². The van der Waals surface area contributed by atoms with Crippen molar-refractivity contribution in [3.05, 3.63) is 23.8 Å². The molecule has 98 valence electrons. The van der Waals surface area contributed by atoms with Gasteiger partial charge in [-0.3, -0.25) is 0 Å². The molecule has 0 aromatic heterocycles. The minimum Gasteiger partial charge on any atom is -0.372 e. The molecular weight excluding hydrogens is 220 g/mol. The van der Waals surface area contributed by atoms with Gasteiger partial charge in [0, 0.05) is 43.1 Å². The third-order valence-electron chi connectivity index (χ3n) is 3.33. The quantitative estimate of drug-likeness (QED) is 0.708. The molecule has 0 fully saturated rings. The number of hydrogen-bond donors (Lipinski definition) is 0. The molecule has 0 atom stereocenters. The first-order valence-corrected chi connectivity index (χ1v) is 6.81. The maximum Gasteiger partial charge on any atom is 0.0399 e. The summed E-state index contributed by atoms with van der Waals surface area (Å²) in [5.41, 5.74) is 3.40. The number of rotatable bonds is 6. The summed E-state index contributed by atoms with van der Waals surface area (Å²) in [6.07, 6.45) is 5.57. The Bertz CT molecular complexity index is 379. The van der Waals surface area contributed by atoms with Crippen molar-refractivity contribution in [1.82, 2.24) is 0 Å². The van der Waals surface area contributed by atoms with Crippen molar-refractivity contribution < 1.29 is 0 Å². The number of benzene rings is 1. The third-order valence-corrected chi connectivity index (χ3v) is 3.33. The predicted molar refractivity (Wildman–Crippen MR) is 81.5 cm³/mol. The molecule has 0 aliphatic heterocycles. The molecule has 1 aromatic rings. The van der Waals surface area contributed by atoms with E-state index >= 15 is 0 Å². The number of terminal acetylenes is 1. The van der Waals surface area contributed by atoms with Crippen molar-refractivity contribution in [2.75, 3.05) is 36.0 Å². The van der Waals surface area contributed by atoms with Crippen LogP contribution in [-0.2, 0) is 0 Å². The van der Waals surface area contributed by atoms with Gasteiger partial charge < -0.3 is 9.80 Å². The molecule has 0 N–H and O–H groups in total. The summed E-state index contributed by atoms with van der Waals surface area (Å²) in [5, 5.41) is 0. The van der Waals surface area contributed by atoms with Crippen LogP contribution in [0.15, 0.2) is 18.2 Å². The Morgan fingerprint density at radius 3 is 1.50 bits per heavy atom. The molecule has 0 saturated heterocycles. The summed E-state index contributed by atoms with van der Waals surface area (Å²) in [7, 11) is 0. The summed E-state index contributed by atoms with van der Waals surface area (Å²) in [4.78, 5) is 4.65. The standard InChI is InChI=1S/C16H24N2/c1-6-14-11-15(17(7-2)8-3)13-16(12-14)18(9-4)10-5/h1,11-13H,7-10H2,2-5H3. The second-order valence-corrected chi connectivity index (χ2v) is 4.23. The van der Waals surface area contributed by atoms with Crippen LogP contribution in [0.25, 0.3) is 0 Å². The van der Waals surface area contributed by atoms with E-state index in [1.165, 1.54) is 11.4 Å². The molecule has 2 nitrogen and oxygen atoms in total. The monoisotopic (exact) mass is 244 g/mol. The molecule has 1 rings (SSSR count). The second-order valence-electron chi connectivity index (χ2n) is 4.23. The van der Waals surface area contributed by atoms with Crippen LogP contribution in [0.5, 0.6) is 0 Å². The van der Waals surface area contributed by atoms with Crippen molar-refractivity contribution in [1.29, 1.82) is 0 Å². The normalized spacial score (nSPS) is 9.94. The Labute approximate surface area is 112 Å². The molecule has 0 spiro atoms. The molecular formula is C16H24N2. The minimum absolute atomic E-state index is 0.960. The van der Waals surface area contributed by atoms with Gasteiger partial charge in [0.15, 0.2) is 0 Å².